The molecular formula is C25H35F2N3O4. The van der Waals surface area contributed by atoms with Crippen molar-refractivity contribution in [3.05, 3.63) is 23.4 Å². The van der Waals surface area contributed by atoms with Crippen LogP contribution in [0.1, 0.15) is 69.0 Å². The fourth-order valence-electron chi connectivity index (χ4n) is 5.20. The molecule has 0 saturated heterocycles. The smallest absolute Gasteiger partial charge is 0.326 e. The van der Waals surface area contributed by atoms with E-state index in [-0.39, 0.29) is 32.0 Å². The van der Waals surface area contributed by atoms with Crippen LogP contribution in [0.3, 0.4) is 0 Å². The summed E-state index contributed by atoms with van der Waals surface area (Å²) < 4.78 is 33.0. The molecule has 3 aliphatic rings. The molecule has 7 nitrogen and oxygen atoms in total. The van der Waals surface area contributed by atoms with Crippen molar-refractivity contribution in [1.29, 1.82) is 0 Å². The number of carboxylic acids is 1. The SMILES string of the molecule is O=C(NC(CCOC1CC(CCc2ccc3c(n2)NCCC3)C1)C(=O)O)C1CCCC(F)(F)C1. The van der Waals surface area contributed by atoms with E-state index in [9.17, 15) is 23.5 Å². The van der Waals surface area contributed by atoms with Crippen molar-refractivity contribution in [3.63, 3.8) is 0 Å². The van der Waals surface area contributed by atoms with E-state index in [4.69, 9.17) is 9.72 Å². The number of aliphatic carboxylic acids is 1. The highest BCUT2D eigenvalue weighted by Gasteiger charge is 2.40. The molecule has 3 N–H and O–H groups in total. The Labute approximate surface area is 199 Å². The van der Waals surface area contributed by atoms with Crippen molar-refractivity contribution in [2.24, 2.45) is 11.8 Å². The zero-order chi connectivity index (χ0) is 24.1. The monoisotopic (exact) mass is 479 g/mol. The first-order chi connectivity index (χ1) is 16.3. The van der Waals surface area contributed by atoms with Gasteiger partial charge in [0.25, 0.3) is 0 Å². The van der Waals surface area contributed by atoms with Gasteiger partial charge in [-0.3, -0.25) is 4.79 Å². The van der Waals surface area contributed by atoms with Gasteiger partial charge in [0.2, 0.25) is 11.8 Å². The number of alkyl halides is 2. The second kappa shape index (κ2) is 11.0. The molecule has 1 amide bonds. The number of aromatic nitrogens is 1. The number of carbonyl (C=O) groups is 2. The molecule has 2 heterocycles. The van der Waals surface area contributed by atoms with Crippen LogP contribution in [0.2, 0.25) is 0 Å². The molecule has 9 heteroatoms. The number of carboxylic acid groups (broad SMARTS) is 1. The van der Waals surface area contributed by atoms with Crippen LogP contribution in [0.5, 0.6) is 0 Å². The summed E-state index contributed by atoms with van der Waals surface area (Å²) in [7, 11) is 0. The Hall–Kier alpha value is -2.29. The van der Waals surface area contributed by atoms with Crippen LogP contribution in [0.4, 0.5) is 14.6 Å². The third-order valence-electron chi connectivity index (χ3n) is 7.34. The van der Waals surface area contributed by atoms with Crippen molar-refractivity contribution < 1.29 is 28.2 Å². The van der Waals surface area contributed by atoms with Crippen LogP contribution in [0.25, 0.3) is 0 Å². The second-order valence-electron chi connectivity index (χ2n) is 10.0. The molecule has 34 heavy (non-hydrogen) atoms. The lowest BCUT2D eigenvalue weighted by Gasteiger charge is -2.35. The molecular weight excluding hydrogens is 444 g/mol. The van der Waals surface area contributed by atoms with Crippen LogP contribution in [-0.4, -0.2) is 53.2 Å². The molecule has 2 saturated carbocycles. The Morgan fingerprint density at radius 2 is 2.12 bits per heavy atom. The average Bonchev–Trinajstić information content (AvgIpc) is 2.78. The number of aryl methyl sites for hydroxylation is 2. The summed E-state index contributed by atoms with van der Waals surface area (Å²) in [6, 6.07) is 3.17. The molecule has 2 fully saturated rings. The normalized spacial score (nSPS) is 26.5. The highest BCUT2D eigenvalue weighted by atomic mass is 19.3. The maximum absolute atomic E-state index is 13.6. The summed E-state index contributed by atoms with van der Waals surface area (Å²) in [5.74, 6) is -3.86. The zero-order valence-corrected chi connectivity index (χ0v) is 19.5. The number of ether oxygens (including phenoxy) is 1. The van der Waals surface area contributed by atoms with Gasteiger partial charge in [-0.25, -0.2) is 18.6 Å². The van der Waals surface area contributed by atoms with Crippen LogP contribution in [0.15, 0.2) is 12.1 Å². The van der Waals surface area contributed by atoms with Gasteiger partial charge in [-0.05, 0) is 68.9 Å². The predicted octanol–water partition coefficient (Wildman–Crippen LogP) is 3.95. The van der Waals surface area contributed by atoms with E-state index in [0.717, 1.165) is 56.6 Å². The van der Waals surface area contributed by atoms with Gasteiger partial charge in [0, 0.05) is 44.0 Å². The van der Waals surface area contributed by atoms with Gasteiger partial charge in [-0.1, -0.05) is 6.07 Å². The number of hydrogen-bond acceptors (Lipinski definition) is 5. The van der Waals surface area contributed by atoms with E-state index >= 15 is 0 Å². The number of nitrogens with one attached hydrogen (secondary N) is 2. The van der Waals surface area contributed by atoms with Crippen molar-refractivity contribution in [3.8, 4) is 0 Å². The van der Waals surface area contributed by atoms with Crippen LogP contribution >= 0.6 is 0 Å². The fraction of sp³-hybridized carbons (Fsp3) is 0.720. The average molecular weight is 480 g/mol. The molecule has 0 spiro atoms. The molecule has 2 atom stereocenters. The Balaban J connectivity index is 1.13. The highest BCUT2D eigenvalue weighted by molar-refractivity contribution is 5.85. The summed E-state index contributed by atoms with van der Waals surface area (Å²) in [4.78, 5) is 28.6. The number of amides is 1. The fourth-order valence-corrected chi connectivity index (χ4v) is 5.20. The number of anilines is 1. The lowest BCUT2D eigenvalue weighted by molar-refractivity contribution is -0.145. The third-order valence-corrected chi connectivity index (χ3v) is 7.34. The van der Waals surface area contributed by atoms with E-state index in [2.05, 4.69) is 22.8 Å². The molecule has 188 valence electrons. The molecule has 1 aliphatic heterocycles. The molecule has 0 aromatic carbocycles. The van der Waals surface area contributed by atoms with Gasteiger partial charge in [-0.2, -0.15) is 0 Å². The molecule has 1 aromatic rings. The van der Waals surface area contributed by atoms with E-state index in [1.807, 2.05) is 0 Å². The second-order valence-corrected chi connectivity index (χ2v) is 10.0. The lowest BCUT2D eigenvalue weighted by Crippen LogP contribution is -2.46. The summed E-state index contributed by atoms with van der Waals surface area (Å²) >= 11 is 0. The van der Waals surface area contributed by atoms with Gasteiger partial charge in [-0.15, -0.1) is 0 Å². The third kappa shape index (κ3) is 6.64. The van der Waals surface area contributed by atoms with E-state index in [1.165, 1.54) is 5.56 Å². The van der Waals surface area contributed by atoms with Gasteiger partial charge >= 0.3 is 5.97 Å². The molecule has 0 radical (unpaired) electrons. The van der Waals surface area contributed by atoms with Crippen LogP contribution in [0, 0.1) is 11.8 Å². The van der Waals surface area contributed by atoms with Gasteiger partial charge in [0.05, 0.1) is 6.10 Å². The van der Waals surface area contributed by atoms with Gasteiger partial charge in [0.15, 0.2) is 0 Å². The van der Waals surface area contributed by atoms with Crippen LogP contribution in [-0.2, 0) is 27.2 Å². The Bertz CT molecular complexity index is 876. The largest absolute Gasteiger partial charge is 0.480 e. The van der Waals surface area contributed by atoms with Gasteiger partial charge < -0.3 is 20.5 Å². The number of halogens is 2. The number of carbonyl (C=O) groups excluding carboxylic acids is 1. The van der Waals surface area contributed by atoms with Crippen LogP contribution < -0.4 is 10.6 Å². The minimum Gasteiger partial charge on any atom is -0.480 e. The molecule has 1 aromatic heterocycles. The predicted molar refractivity (Wildman–Crippen MR) is 123 cm³/mol. The topological polar surface area (TPSA) is 101 Å². The quantitative estimate of drug-likeness (QED) is 0.470. The van der Waals surface area contributed by atoms with Crippen molar-refractivity contribution in [2.75, 3.05) is 18.5 Å². The first-order valence-corrected chi connectivity index (χ1v) is 12.5. The number of rotatable bonds is 10. The van der Waals surface area contributed by atoms with Crippen molar-refractivity contribution >= 4 is 17.7 Å². The first-order valence-electron chi connectivity index (χ1n) is 12.5. The molecule has 2 unspecified atom stereocenters. The van der Waals surface area contributed by atoms with E-state index in [0.29, 0.717) is 12.3 Å². The molecule has 2 aliphatic carbocycles. The zero-order valence-electron chi connectivity index (χ0n) is 19.5. The van der Waals surface area contributed by atoms with Crippen molar-refractivity contribution in [2.45, 2.75) is 88.7 Å². The Kier molecular flexibility index (Phi) is 8.01. The van der Waals surface area contributed by atoms with Crippen molar-refractivity contribution in [1.82, 2.24) is 10.3 Å². The summed E-state index contributed by atoms with van der Waals surface area (Å²) in [6.45, 7) is 1.20. The van der Waals surface area contributed by atoms with E-state index in [1.54, 1.807) is 0 Å². The number of fused-ring (bicyclic) bond motifs is 1. The summed E-state index contributed by atoms with van der Waals surface area (Å²) in [6.07, 6.45) is 6.22. The molecule has 4 rings (SSSR count). The minimum atomic E-state index is -2.85. The standard InChI is InChI=1S/C25H35F2N3O4/c26-25(27)10-1-3-18(15-25)23(31)30-21(24(32)33)9-12-34-20-13-16(14-20)5-7-19-8-6-17-4-2-11-28-22(17)29-19/h6,8,16,18,20-21H,1-5,7,9-15H2,(H,28,29)(H,30,31)(H,32,33). The van der Waals surface area contributed by atoms with E-state index < -0.39 is 36.2 Å². The highest BCUT2D eigenvalue weighted by Crippen LogP contribution is 2.37. The first kappa shape index (κ1) is 24.8. The van der Waals surface area contributed by atoms with Gasteiger partial charge in [0.1, 0.15) is 11.9 Å². The minimum absolute atomic E-state index is 0.102. The summed E-state index contributed by atoms with van der Waals surface area (Å²) in [5, 5.41) is 15.2. The lowest BCUT2D eigenvalue weighted by atomic mass is 9.79. The number of pyridine rings is 1. The molecule has 0 bridgehead atoms. The number of hydrogen-bond donors (Lipinski definition) is 3. The maximum Gasteiger partial charge on any atom is 0.326 e. The Morgan fingerprint density at radius 3 is 2.88 bits per heavy atom. The Morgan fingerprint density at radius 1 is 1.29 bits per heavy atom. The summed E-state index contributed by atoms with van der Waals surface area (Å²) in [5.41, 5.74) is 2.40. The number of nitrogens with zero attached hydrogens (tertiary/aromatic N) is 1. The maximum atomic E-state index is 13.6.